The molecule has 6 saturated carbocycles. The summed E-state index contributed by atoms with van der Waals surface area (Å²) in [5.41, 5.74) is -4.32. The second kappa shape index (κ2) is 8.33. The third kappa shape index (κ3) is 2.97. The Bertz CT molecular complexity index is 1310. The molecule has 9 atom stereocenters. The van der Waals surface area contributed by atoms with Crippen LogP contribution in [0.1, 0.15) is 86.0 Å². The lowest BCUT2D eigenvalue weighted by Gasteiger charge is -2.84. The number of carbonyl (C=O) groups is 4. The van der Waals surface area contributed by atoms with Gasteiger partial charge < -0.3 is 25.0 Å². The Morgan fingerprint density at radius 3 is 2.36 bits per heavy atom. The Labute approximate surface area is 247 Å². The highest BCUT2D eigenvalue weighted by molar-refractivity contribution is 6.21. The summed E-state index contributed by atoms with van der Waals surface area (Å²) in [6.07, 6.45) is 2.58. The highest BCUT2D eigenvalue weighted by Gasteiger charge is 2.96. The van der Waals surface area contributed by atoms with Crippen LogP contribution in [0.15, 0.2) is 12.2 Å². The molecule has 2 heterocycles. The van der Waals surface area contributed by atoms with Crippen molar-refractivity contribution in [1.82, 2.24) is 5.32 Å². The molecule has 0 aromatic carbocycles. The molecule has 0 aromatic heterocycles. The molecule has 2 spiro atoms. The molecule has 9 nitrogen and oxygen atoms in total. The van der Waals surface area contributed by atoms with Crippen molar-refractivity contribution in [3.8, 4) is 0 Å². The van der Waals surface area contributed by atoms with E-state index in [4.69, 9.17) is 9.47 Å². The average Bonchev–Trinajstić information content (AvgIpc) is 2.90. The zero-order valence-corrected chi connectivity index (χ0v) is 25.5. The van der Waals surface area contributed by atoms with Crippen LogP contribution < -0.4 is 5.32 Å². The summed E-state index contributed by atoms with van der Waals surface area (Å²) >= 11 is 0. The average molecular weight is 584 g/mol. The lowest BCUT2D eigenvalue weighted by molar-refractivity contribution is -0.460. The number of allylic oxidation sites excluding steroid dienone is 1. The molecule has 8 aliphatic rings. The largest absolute Gasteiger partial charge is 0.444 e. The van der Waals surface area contributed by atoms with Crippen molar-refractivity contribution in [2.24, 2.45) is 51.2 Å². The van der Waals surface area contributed by atoms with Gasteiger partial charge in [0, 0.05) is 30.2 Å². The van der Waals surface area contributed by atoms with Crippen LogP contribution in [0.25, 0.3) is 0 Å². The molecule has 8 rings (SSSR count). The van der Waals surface area contributed by atoms with E-state index < -0.39 is 63.0 Å². The zero-order valence-electron chi connectivity index (χ0n) is 25.5. The molecule has 2 saturated heterocycles. The molecular formula is C33H45NO8. The van der Waals surface area contributed by atoms with Gasteiger partial charge in [-0.3, -0.25) is 14.4 Å². The molecule has 0 aromatic rings. The first-order chi connectivity index (χ1) is 19.5. The summed E-state index contributed by atoms with van der Waals surface area (Å²) < 4.78 is 11.5. The maximum atomic E-state index is 14.8. The van der Waals surface area contributed by atoms with E-state index in [1.54, 1.807) is 0 Å². The van der Waals surface area contributed by atoms with Crippen molar-refractivity contribution in [3.05, 3.63) is 12.2 Å². The van der Waals surface area contributed by atoms with Crippen molar-refractivity contribution in [3.63, 3.8) is 0 Å². The molecule has 9 heteroatoms. The Kier molecular flexibility index (Phi) is 5.68. The van der Waals surface area contributed by atoms with Gasteiger partial charge in [0.05, 0.1) is 17.4 Å². The molecule has 8 fully saturated rings. The van der Waals surface area contributed by atoms with E-state index in [0.717, 1.165) is 0 Å². The number of rotatable bonds is 3. The molecule has 2 aliphatic heterocycles. The number of alkyl carbamates (subject to hydrolysis) is 1. The molecule has 0 radical (unpaired) electrons. The molecule has 1 amide bonds. The third-order valence-electron chi connectivity index (χ3n) is 12.9. The van der Waals surface area contributed by atoms with Gasteiger partial charge in [0.25, 0.3) is 0 Å². The SMILES string of the molecule is C=C1C2CCC3C45COC(O)(C(O)C4C(C)(C)CCC5=O)C34C(=O)C1(C(=O)C1CCC(NC(=O)OC(C)(C)C)CC1)C24. The van der Waals surface area contributed by atoms with Crippen molar-refractivity contribution < 1.29 is 38.9 Å². The van der Waals surface area contributed by atoms with Crippen LogP contribution in [-0.2, 0) is 23.9 Å². The van der Waals surface area contributed by atoms with Crippen LogP contribution >= 0.6 is 0 Å². The smallest absolute Gasteiger partial charge is 0.407 e. The van der Waals surface area contributed by atoms with Gasteiger partial charge in [0.15, 0.2) is 11.6 Å². The summed E-state index contributed by atoms with van der Waals surface area (Å²) in [6.45, 7) is 13.8. The van der Waals surface area contributed by atoms with Gasteiger partial charge in [-0.15, -0.1) is 0 Å². The number of hydrogen-bond acceptors (Lipinski definition) is 8. The third-order valence-corrected chi connectivity index (χ3v) is 12.9. The first-order valence-electron chi connectivity index (χ1n) is 15.9. The Hall–Kier alpha value is -2.10. The second-order valence-electron chi connectivity index (χ2n) is 16.2. The number of ketones is 3. The first kappa shape index (κ1) is 28.7. The molecular weight excluding hydrogens is 538 g/mol. The number of amides is 1. The fourth-order valence-corrected chi connectivity index (χ4v) is 11.5. The summed E-state index contributed by atoms with van der Waals surface area (Å²) in [4.78, 5) is 55.4. The van der Waals surface area contributed by atoms with E-state index in [2.05, 4.69) is 11.9 Å². The molecule has 3 N–H and O–H groups in total. The van der Waals surface area contributed by atoms with Gasteiger partial charge in [0.1, 0.15) is 22.9 Å². The minimum atomic E-state index is -2.14. The fourth-order valence-electron chi connectivity index (χ4n) is 11.5. The van der Waals surface area contributed by atoms with Gasteiger partial charge in [0.2, 0.25) is 5.79 Å². The van der Waals surface area contributed by atoms with Crippen LogP contribution in [0.5, 0.6) is 0 Å². The maximum absolute atomic E-state index is 14.8. The van der Waals surface area contributed by atoms with E-state index in [9.17, 15) is 29.4 Å². The number of Topliss-reactive ketones (excluding diaryl/α,β-unsaturated/α-hetero) is 3. The molecule has 2 bridgehead atoms. The standard InChI is InChI=1S/C33H45NO8/c1-16-19-11-12-20-30-15-41-33(40,25(37)23(30)29(5,6)14-13-21(30)35)32(20)22(19)31(16,26(32)38)24(36)17-7-9-18(10-8-17)34-27(39)42-28(2,3)4/h17-20,22-23,25,37,40H,1,7-15H2,2-6H3,(H,34,39). The Morgan fingerprint density at radius 2 is 1.71 bits per heavy atom. The number of carbonyl (C=O) groups excluding carboxylic acids is 4. The predicted molar refractivity (Wildman–Crippen MR) is 150 cm³/mol. The van der Waals surface area contributed by atoms with Crippen molar-refractivity contribution in [2.45, 2.75) is 110 Å². The lowest BCUT2D eigenvalue weighted by atomic mass is 9.18. The monoisotopic (exact) mass is 583 g/mol. The minimum absolute atomic E-state index is 0.00112. The molecule has 42 heavy (non-hydrogen) atoms. The van der Waals surface area contributed by atoms with E-state index >= 15 is 0 Å². The van der Waals surface area contributed by atoms with Gasteiger partial charge >= 0.3 is 6.09 Å². The highest BCUT2D eigenvalue weighted by Crippen LogP contribution is 2.87. The van der Waals surface area contributed by atoms with Crippen LogP contribution in [0.4, 0.5) is 4.79 Å². The first-order valence-corrected chi connectivity index (χ1v) is 15.9. The van der Waals surface area contributed by atoms with Crippen molar-refractivity contribution in [2.75, 3.05) is 6.61 Å². The van der Waals surface area contributed by atoms with Crippen LogP contribution in [0.3, 0.4) is 0 Å². The van der Waals surface area contributed by atoms with Crippen LogP contribution in [-0.4, -0.2) is 63.8 Å². The van der Waals surface area contributed by atoms with Gasteiger partial charge in [-0.2, -0.15) is 0 Å². The Balaban J connectivity index is 1.19. The van der Waals surface area contributed by atoms with Crippen molar-refractivity contribution in [1.29, 1.82) is 0 Å². The molecule has 230 valence electrons. The fraction of sp³-hybridized carbons (Fsp3) is 0.818. The number of aliphatic hydroxyl groups excluding tert-OH is 1. The minimum Gasteiger partial charge on any atom is -0.444 e. The number of ether oxygens (including phenoxy) is 2. The highest BCUT2D eigenvalue weighted by atomic mass is 16.6. The van der Waals surface area contributed by atoms with Crippen LogP contribution in [0.2, 0.25) is 0 Å². The van der Waals surface area contributed by atoms with Crippen molar-refractivity contribution >= 4 is 23.4 Å². The van der Waals surface area contributed by atoms with Gasteiger partial charge in [-0.25, -0.2) is 4.79 Å². The van der Waals surface area contributed by atoms with E-state index in [1.165, 1.54) is 0 Å². The number of hydrogen-bond donors (Lipinski definition) is 3. The van der Waals surface area contributed by atoms with Crippen LogP contribution in [0, 0.1) is 51.2 Å². The lowest BCUT2D eigenvalue weighted by Crippen LogP contribution is -2.95. The van der Waals surface area contributed by atoms with Gasteiger partial charge in [-0.05, 0) is 83.0 Å². The topological polar surface area (TPSA) is 139 Å². The summed E-state index contributed by atoms with van der Waals surface area (Å²) in [7, 11) is 0. The summed E-state index contributed by atoms with van der Waals surface area (Å²) in [5.74, 6) is -4.68. The predicted octanol–water partition coefficient (Wildman–Crippen LogP) is 3.49. The zero-order chi connectivity index (χ0) is 30.4. The summed E-state index contributed by atoms with van der Waals surface area (Å²) in [5, 5.41) is 27.1. The van der Waals surface area contributed by atoms with E-state index in [-0.39, 0.29) is 41.8 Å². The van der Waals surface area contributed by atoms with Gasteiger partial charge in [-0.1, -0.05) is 26.0 Å². The molecule has 6 aliphatic carbocycles. The second-order valence-corrected chi connectivity index (χ2v) is 16.2. The summed E-state index contributed by atoms with van der Waals surface area (Å²) in [6, 6.07) is -0.115. The Morgan fingerprint density at radius 1 is 1.05 bits per heavy atom. The number of nitrogens with one attached hydrogen (secondary N) is 1. The number of fused-ring (bicyclic) bond motifs is 1. The van der Waals surface area contributed by atoms with E-state index in [0.29, 0.717) is 56.9 Å². The maximum Gasteiger partial charge on any atom is 0.407 e. The quantitative estimate of drug-likeness (QED) is 0.339. The molecule has 9 unspecified atom stereocenters. The number of aliphatic hydroxyl groups is 2. The normalized spacial score (nSPS) is 50.0. The van der Waals surface area contributed by atoms with E-state index in [1.807, 2.05) is 34.6 Å².